The normalized spacial score (nSPS) is 12.3. The second-order valence-corrected chi connectivity index (χ2v) is 5.02. The Morgan fingerprint density at radius 1 is 0.632 bits per heavy atom. The summed E-state index contributed by atoms with van der Waals surface area (Å²) in [6.07, 6.45) is 25.3. The van der Waals surface area contributed by atoms with Gasteiger partial charge in [0.1, 0.15) is 0 Å². The number of unbranched alkanes of at least 4 members (excludes halogenated alkanes) is 8. The summed E-state index contributed by atoms with van der Waals surface area (Å²) in [5, 5.41) is 8.65. The molecule has 0 heterocycles. The van der Waals surface area contributed by atoms with Gasteiger partial charge in [0.25, 0.3) is 0 Å². The van der Waals surface area contributed by atoms with Crippen LogP contribution >= 0.6 is 0 Å². The highest BCUT2D eigenvalue weighted by atomic mass is 16.2. The Hall–Kier alpha value is -0.820. The van der Waals surface area contributed by atoms with E-state index in [-0.39, 0.29) is 0 Å². The number of rotatable bonds is 13. The lowest BCUT2D eigenvalue weighted by Gasteiger charge is -1.98. The quantitative estimate of drug-likeness (QED) is 0.340. The first-order valence-corrected chi connectivity index (χ1v) is 8.01. The van der Waals surface area contributed by atoms with Crippen molar-refractivity contribution in [3.63, 3.8) is 0 Å². The minimum absolute atomic E-state index is 0.349. The van der Waals surface area contributed by atoms with Gasteiger partial charge in [-0.05, 0) is 25.7 Å². The van der Waals surface area contributed by atoms with Gasteiger partial charge in [0, 0.05) is 6.61 Å². The SMILES string of the molecule is CCCC\C=C/C=C/C=C/CCCCCCCCO. The second-order valence-electron chi connectivity index (χ2n) is 5.02. The number of aliphatic hydroxyl groups excluding tert-OH is 1. The van der Waals surface area contributed by atoms with Crippen LogP contribution in [0.3, 0.4) is 0 Å². The highest BCUT2D eigenvalue weighted by Crippen LogP contribution is 2.07. The van der Waals surface area contributed by atoms with Crippen molar-refractivity contribution in [2.45, 2.75) is 71.1 Å². The molecule has 1 N–H and O–H groups in total. The van der Waals surface area contributed by atoms with Crippen LogP contribution in [0.5, 0.6) is 0 Å². The average Bonchev–Trinajstić information content (AvgIpc) is 2.43. The summed E-state index contributed by atoms with van der Waals surface area (Å²) in [7, 11) is 0. The maximum Gasteiger partial charge on any atom is 0.0431 e. The molecule has 0 saturated heterocycles. The van der Waals surface area contributed by atoms with Gasteiger partial charge in [-0.3, -0.25) is 0 Å². The van der Waals surface area contributed by atoms with E-state index in [1.165, 1.54) is 57.8 Å². The van der Waals surface area contributed by atoms with Crippen LogP contribution in [0.1, 0.15) is 71.1 Å². The summed E-state index contributed by atoms with van der Waals surface area (Å²) in [6.45, 7) is 2.57. The molecule has 0 amide bonds. The molecule has 0 aromatic carbocycles. The summed E-state index contributed by atoms with van der Waals surface area (Å²) in [4.78, 5) is 0. The molecule has 110 valence electrons. The molecule has 1 heteroatoms. The first kappa shape index (κ1) is 18.2. The summed E-state index contributed by atoms with van der Waals surface area (Å²) in [6, 6.07) is 0. The highest BCUT2D eigenvalue weighted by molar-refractivity contribution is 5.10. The van der Waals surface area contributed by atoms with E-state index in [2.05, 4.69) is 43.4 Å². The van der Waals surface area contributed by atoms with Gasteiger partial charge >= 0.3 is 0 Å². The third-order valence-electron chi connectivity index (χ3n) is 3.11. The van der Waals surface area contributed by atoms with Gasteiger partial charge in [-0.15, -0.1) is 0 Å². The fraction of sp³-hybridized carbons (Fsp3) is 0.667. The molecular weight excluding hydrogens is 232 g/mol. The molecule has 0 radical (unpaired) electrons. The molecule has 0 rings (SSSR count). The first-order chi connectivity index (χ1) is 9.41. The third kappa shape index (κ3) is 17.2. The molecule has 0 fully saturated rings. The Labute approximate surface area is 120 Å². The van der Waals surface area contributed by atoms with Crippen molar-refractivity contribution in [2.24, 2.45) is 0 Å². The van der Waals surface area contributed by atoms with Crippen molar-refractivity contribution in [3.05, 3.63) is 36.5 Å². The molecule has 0 aromatic rings. The molecule has 0 aromatic heterocycles. The van der Waals surface area contributed by atoms with Crippen molar-refractivity contribution >= 4 is 0 Å². The van der Waals surface area contributed by atoms with Crippen LogP contribution < -0.4 is 0 Å². The number of allylic oxidation sites excluding steroid dienone is 6. The predicted molar refractivity (Wildman–Crippen MR) is 86.3 cm³/mol. The van der Waals surface area contributed by atoms with E-state index < -0.39 is 0 Å². The van der Waals surface area contributed by atoms with Crippen LogP contribution in [-0.4, -0.2) is 11.7 Å². The molecular formula is C18H32O. The molecule has 0 aliphatic carbocycles. The zero-order valence-corrected chi connectivity index (χ0v) is 12.7. The standard InChI is InChI=1S/C18H32O/c1-2-3-4-5-6-7-8-9-10-11-12-13-14-15-16-17-18-19/h5-10,19H,2-4,11-18H2,1H3/b6-5-,8-7+,10-9+. The highest BCUT2D eigenvalue weighted by Gasteiger charge is 1.89. The van der Waals surface area contributed by atoms with Crippen LogP contribution in [0.2, 0.25) is 0 Å². The van der Waals surface area contributed by atoms with E-state index in [0.717, 1.165) is 6.42 Å². The largest absolute Gasteiger partial charge is 0.396 e. The topological polar surface area (TPSA) is 20.2 Å². The fourth-order valence-corrected chi connectivity index (χ4v) is 1.88. The van der Waals surface area contributed by atoms with Crippen LogP contribution in [-0.2, 0) is 0 Å². The van der Waals surface area contributed by atoms with Crippen LogP contribution in [0.15, 0.2) is 36.5 Å². The van der Waals surface area contributed by atoms with Gasteiger partial charge < -0.3 is 5.11 Å². The fourth-order valence-electron chi connectivity index (χ4n) is 1.88. The number of aliphatic hydroxyl groups is 1. The van der Waals surface area contributed by atoms with E-state index in [9.17, 15) is 0 Å². The number of hydrogen-bond acceptors (Lipinski definition) is 1. The maximum atomic E-state index is 8.65. The van der Waals surface area contributed by atoms with Crippen molar-refractivity contribution in [1.29, 1.82) is 0 Å². The maximum absolute atomic E-state index is 8.65. The van der Waals surface area contributed by atoms with Crippen molar-refractivity contribution in [1.82, 2.24) is 0 Å². The molecule has 0 bridgehead atoms. The Morgan fingerprint density at radius 3 is 1.74 bits per heavy atom. The molecule has 0 saturated carbocycles. The van der Waals surface area contributed by atoms with Crippen LogP contribution in [0.4, 0.5) is 0 Å². The Morgan fingerprint density at radius 2 is 1.16 bits per heavy atom. The molecule has 0 spiro atoms. The smallest absolute Gasteiger partial charge is 0.0431 e. The van der Waals surface area contributed by atoms with Crippen LogP contribution in [0.25, 0.3) is 0 Å². The molecule has 0 atom stereocenters. The summed E-state index contributed by atoms with van der Waals surface area (Å²) < 4.78 is 0. The summed E-state index contributed by atoms with van der Waals surface area (Å²) in [5.41, 5.74) is 0. The molecule has 0 unspecified atom stereocenters. The first-order valence-electron chi connectivity index (χ1n) is 8.01. The molecule has 1 nitrogen and oxygen atoms in total. The third-order valence-corrected chi connectivity index (χ3v) is 3.11. The zero-order valence-electron chi connectivity index (χ0n) is 12.7. The van der Waals surface area contributed by atoms with Gasteiger partial charge in [-0.1, -0.05) is 81.9 Å². The molecule has 0 aliphatic rings. The Bertz CT molecular complexity index is 238. The van der Waals surface area contributed by atoms with Gasteiger partial charge in [-0.25, -0.2) is 0 Å². The zero-order chi connectivity index (χ0) is 14.0. The molecule has 0 aliphatic heterocycles. The summed E-state index contributed by atoms with van der Waals surface area (Å²) in [5.74, 6) is 0. The second kappa shape index (κ2) is 17.2. The van der Waals surface area contributed by atoms with E-state index in [0.29, 0.717) is 6.61 Å². The van der Waals surface area contributed by atoms with Crippen molar-refractivity contribution in [2.75, 3.05) is 6.61 Å². The van der Waals surface area contributed by atoms with Gasteiger partial charge in [-0.2, -0.15) is 0 Å². The van der Waals surface area contributed by atoms with Crippen LogP contribution in [0, 0.1) is 0 Å². The average molecular weight is 264 g/mol. The minimum Gasteiger partial charge on any atom is -0.396 e. The van der Waals surface area contributed by atoms with E-state index in [4.69, 9.17) is 5.11 Å². The Balaban J connectivity index is 3.24. The lowest BCUT2D eigenvalue weighted by molar-refractivity contribution is 0.282. The minimum atomic E-state index is 0.349. The van der Waals surface area contributed by atoms with Crippen molar-refractivity contribution in [3.8, 4) is 0 Å². The predicted octanol–water partition coefficient (Wildman–Crippen LogP) is 5.57. The monoisotopic (exact) mass is 264 g/mol. The van der Waals surface area contributed by atoms with Gasteiger partial charge in [0.15, 0.2) is 0 Å². The number of hydrogen-bond donors (Lipinski definition) is 1. The summed E-state index contributed by atoms with van der Waals surface area (Å²) >= 11 is 0. The van der Waals surface area contributed by atoms with Gasteiger partial charge in [0.05, 0.1) is 0 Å². The van der Waals surface area contributed by atoms with E-state index in [1.807, 2.05) is 0 Å². The van der Waals surface area contributed by atoms with Crippen molar-refractivity contribution < 1.29 is 5.11 Å². The lowest BCUT2D eigenvalue weighted by Crippen LogP contribution is -1.83. The van der Waals surface area contributed by atoms with Gasteiger partial charge in [0.2, 0.25) is 0 Å². The molecule has 19 heavy (non-hydrogen) atoms. The van der Waals surface area contributed by atoms with E-state index >= 15 is 0 Å². The Kier molecular flexibility index (Phi) is 16.4. The lowest BCUT2D eigenvalue weighted by atomic mass is 10.1. The van der Waals surface area contributed by atoms with E-state index in [1.54, 1.807) is 0 Å².